The SMILES string of the molecule is Nc1nsc(NCCN2CCCCC2)c1-c1cccnc1. The highest BCUT2D eigenvalue weighted by Gasteiger charge is 2.14. The largest absolute Gasteiger partial charge is 0.382 e. The van der Waals surface area contributed by atoms with Crippen LogP contribution in [0.25, 0.3) is 11.1 Å². The summed E-state index contributed by atoms with van der Waals surface area (Å²) in [6, 6.07) is 3.94. The third-order valence-corrected chi connectivity index (χ3v) is 4.65. The van der Waals surface area contributed by atoms with E-state index in [2.05, 4.69) is 19.6 Å². The number of pyridine rings is 1. The molecule has 112 valence electrons. The van der Waals surface area contributed by atoms with Gasteiger partial charge in [-0.2, -0.15) is 4.37 Å². The van der Waals surface area contributed by atoms with Crippen molar-refractivity contribution >= 4 is 22.4 Å². The minimum Gasteiger partial charge on any atom is -0.382 e. The molecule has 21 heavy (non-hydrogen) atoms. The summed E-state index contributed by atoms with van der Waals surface area (Å²) in [7, 11) is 0. The molecule has 0 saturated carbocycles. The maximum atomic E-state index is 6.01. The highest BCUT2D eigenvalue weighted by atomic mass is 32.1. The van der Waals surface area contributed by atoms with Gasteiger partial charge in [-0.1, -0.05) is 12.5 Å². The molecule has 5 nitrogen and oxygen atoms in total. The van der Waals surface area contributed by atoms with Crippen molar-refractivity contribution in [3.8, 4) is 11.1 Å². The molecule has 3 rings (SSSR count). The molecule has 0 radical (unpaired) electrons. The van der Waals surface area contributed by atoms with Gasteiger partial charge in [-0.15, -0.1) is 0 Å². The topological polar surface area (TPSA) is 67.1 Å². The first-order chi connectivity index (χ1) is 10.3. The number of aromatic nitrogens is 2. The Morgan fingerprint density at radius 1 is 1.29 bits per heavy atom. The van der Waals surface area contributed by atoms with Crippen LogP contribution >= 0.6 is 11.5 Å². The van der Waals surface area contributed by atoms with Crippen molar-refractivity contribution in [3.05, 3.63) is 24.5 Å². The van der Waals surface area contributed by atoms with Crippen LogP contribution in [0.3, 0.4) is 0 Å². The Morgan fingerprint density at radius 3 is 2.90 bits per heavy atom. The van der Waals surface area contributed by atoms with Gasteiger partial charge in [0.25, 0.3) is 0 Å². The molecule has 1 saturated heterocycles. The highest BCUT2D eigenvalue weighted by molar-refractivity contribution is 7.11. The number of hydrogen-bond donors (Lipinski definition) is 2. The molecule has 0 spiro atoms. The molecule has 1 aliphatic heterocycles. The van der Waals surface area contributed by atoms with Crippen LogP contribution in [0.5, 0.6) is 0 Å². The normalized spacial score (nSPS) is 16.0. The van der Waals surface area contributed by atoms with E-state index < -0.39 is 0 Å². The van der Waals surface area contributed by atoms with E-state index in [1.54, 1.807) is 6.20 Å². The average molecular weight is 303 g/mol. The zero-order valence-electron chi connectivity index (χ0n) is 12.1. The van der Waals surface area contributed by atoms with Crippen LogP contribution in [0.4, 0.5) is 10.8 Å². The summed E-state index contributed by atoms with van der Waals surface area (Å²) < 4.78 is 4.27. The lowest BCUT2D eigenvalue weighted by atomic mass is 10.1. The van der Waals surface area contributed by atoms with E-state index in [1.807, 2.05) is 18.3 Å². The Balaban J connectivity index is 1.63. The van der Waals surface area contributed by atoms with Crippen LogP contribution in [0.2, 0.25) is 0 Å². The standard InChI is InChI=1S/C15H21N5S/c16-14-13(12-5-4-6-17-11-12)15(21-19-14)18-7-10-20-8-2-1-3-9-20/h4-6,11,18H,1-3,7-10H2,(H2,16,19). The van der Waals surface area contributed by atoms with E-state index in [0.29, 0.717) is 5.82 Å². The quantitative estimate of drug-likeness (QED) is 0.889. The van der Waals surface area contributed by atoms with Gasteiger partial charge in [0.05, 0.1) is 5.56 Å². The third-order valence-electron chi connectivity index (χ3n) is 3.83. The number of piperidine rings is 1. The minimum atomic E-state index is 0.577. The van der Waals surface area contributed by atoms with Crippen molar-refractivity contribution in [2.45, 2.75) is 19.3 Å². The highest BCUT2D eigenvalue weighted by Crippen LogP contribution is 2.36. The third kappa shape index (κ3) is 3.51. The van der Waals surface area contributed by atoms with Crippen molar-refractivity contribution in [3.63, 3.8) is 0 Å². The Kier molecular flexibility index (Phi) is 4.67. The molecule has 3 N–H and O–H groups in total. The number of nitrogens with zero attached hydrogens (tertiary/aromatic N) is 3. The average Bonchev–Trinajstić information content (AvgIpc) is 2.90. The van der Waals surface area contributed by atoms with Crippen LogP contribution in [-0.4, -0.2) is 40.4 Å². The predicted molar refractivity (Wildman–Crippen MR) is 88.5 cm³/mol. The molecule has 1 fully saturated rings. The number of nitrogens with one attached hydrogen (secondary N) is 1. The van der Waals surface area contributed by atoms with E-state index in [4.69, 9.17) is 5.73 Å². The van der Waals surface area contributed by atoms with Crippen molar-refractivity contribution in [2.75, 3.05) is 37.2 Å². The lowest BCUT2D eigenvalue weighted by Gasteiger charge is -2.26. The first-order valence-corrected chi connectivity index (χ1v) is 8.24. The second-order valence-electron chi connectivity index (χ2n) is 5.34. The first-order valence-electron chi connectivity index (χ1n) is 7.46. The molecule has 0 atom stereocenters. The van der Waals surface area contributed by atoms with Gasteiger partial charge >= 0.3 is 0 Å². The summed E-state index contributed by atoms with van der Waals surface area (Å²) in [5, 5.41) is 4.53. The molecule has 2 aromatic rings. The fourth-order valence-electron chi connectivity index (χ4n) is 2.72. The van der Waals surface area contributed by atoms with Crippen molar-refractivity contribution < 1.29 is 0 Å². The molecular formula is C15H21N5S. The molecule has 0 aromatic carbocycles. The van der Waals surface area contributed by atoms with E-state index in [9.17, 15) is 0 Å². The molecule has 0 bridgehead atoms. The lowest BCUT2D eigenvalue weighted by molar-refractivity contribution is 0.237. The fourth-order valence-corrected chi connectivity index (χ4v) is 3.48. The summed E-state index contributed by atoms with van der Waals surface area (Å²) in [6.45, 7) is 4.45. The second kappa shape index (κ2) is 6.87. The summed E-state index contributed by atoms with van der Waals surface area (Å²) in [5.74, 6) is 0.577. The summed E-state index contributed by atoms with van der Waals surface area (Å²) in [5.41, 5.74) is 8.01. The van der Waals surface area contributed by atoms with Crippen LogP contribution in [-0.2, 0) is 0 Å². The first kappa shape index (κ1) is 14.3. The zero-order chi connectivity index (χ0) is 14.5. The van der Waals surface area contributed by atoms with E-state index in [-0.39, 0.29) is 0 Å². The van der Waals surface area contributed by atoms with Crippen LogP contribution in [0.1, 0.15) is 19.3 Å². The lowest BCUT2D eigenvalue weighted by Crippen LogP contribution is -2.33. The van der Waals surface area contributed by atoms with Crippen molar-refractivity contribution in [1.82, 2.24) is 14.3 Å². The zero-order valence-corrected chi connectivity index (χ0v) is 12.9. The Morgan fingerprint density at radius 2 is 2.14 bits per heavy atom. The number of hydrogen-bond acceptors (Lipinski definition) is 6. The minimum absolute atomic E-state index is 0.577. The predicted octanol–water partition coefficient (Wildman–Crippen LogP) is 2.69. The van der Waals surface area contributed by atoms with Gasteiger partial charge in [0.15, 0.2) is 0 Å². The number of rotatable bonds is 5. The maximum absolute atomic E-state index is 6.01. The smallest absolute Gasteiger partial charge is 0.147 e. The van der Waals surface area contributed by atoms with Crippen LogP contribution in [0, 0.1) is 0 Å². The second-order valence-corrected chi connectivity index (χ2v) is 6.12. The Hall–Kier alpha value is -1.66. The summed E-state index contributed by atoms with van der Waals surface area (Å²) in [4.78, 5) is 6.68. The molecule has 1 aliphatic rings. The molecule has 2 aromatic heterocycles. The van der Waals surface area contributed by atoms with Gasteiger partial charge in [-0.05, 0) is 43.5 Å². The molecule has 3 heterocycles. The molecule has 0 unspecified atom stereocenters. The van der Waals surface area contributed by atoms with Crippen LogP contribution in [0.15, 0.2) is 24.5 Å². The van der Waals surface area contributed by atoms with Gasteiger partial charge in [0, 0.05) is 31.0 Å². The van der Waals surface area contributed by atoms with Crippen molar-refractivity contribution in [1.29, 1.82) is 0 Å². The van der Waals surface area contributed by atoms with Gasteiger partial charge in [0.2, 0.25) is 0 Å². The number of anilines is 2. The Labute approximate surface area is 129 Å². The molecular weight excluding hydrogens is 282 g/mol. The monoisotopic (exact) mass is 303 g/mol. The number of nitrogen functional groups attached to an aromatic ring is 1. The van der Waals surface area contributed by atoms with E-state index >= 15 is 0 Å². The molecule has 6 heteroatoms. The van der Waals surface area contributed by atoms with Crippen molar-refractivity contribution in [2.24, 2.45) is 0 Å². The van der Waals surface area contributed by atoms with Gasteiger partial charge in [-0.25, -0.2) is 0 Å². The van der Waals surface area contributed by atoms with Crippen LogP contribution < -0.4 is 11.1 Å². The molecule has 0 amide bonds. The maximum Gasteiger partial charge on any atom is 0.147 e. The van der Waals surface area contributed by atoms with Gasteiger partial charge in [0.1, 0.15) is 10.8 Å². The van der Waals surface area contributed by atoms with Gasteiger partial charge in [-0.3, -0.25) is 4.98 Å². The number of nitrogens with two attached hydrogens (primary N) is 1. The Bertz CT molecular complexity index is 563. The number of likely N-dealkylation sites (tertiary alicyclic amines) is 1. The summed E-state index contributed by atoms with van der Waals surface area (Å²) in [6.07, 6.45) is 7.63. The molecule has 0 aliphatic carbocycles. The van der Waals surface area contributed by atoms with E-state index in [0.717, 1.165) is 29.2 Å². The fraction of sp³-hybridized carbons (Fsp3) is 0.467. The van der Waals surface area contributed by atoms with E-state index in [1.165, 1.54) is 43.9 Å². The summed E-state index contributed by atoms with van der Waals surface area (Å²) >= 11 is 1.43. The van der Waals surface area contributed by atoms with Gasteiger partial charge < -0.3 is 16.0 Å².